The van der Waals surface area contributed by atoms with Crippen molar-refractivity contribution in [3.63, 3.8) is 0 Å². The molecule has 0 saturated carbocycles. The summed E-state index contributed by atoms with van der Waals surface area (Å²) in [7, 11) is 0. The lowest BCUT2D eigenvalue weighted by Gasteiger charge is -2.07. The molecule has 0 spiro atoms. The maximum Gasteiger partial charge on any atom is 0.313 e. The standard InChI is InChI=1S/C8H14N4O2S2/c1-6(15-2)3-4-12-8(9-10-11-12)16-5-7(13)14/h6H,3-5H2,1-2H3,(H,13,14). The molecule has 0 aliphatic rings. The number of tetrazole rings is 1. The lowest BCUT2D eigenvalue weighted by atomic mass is 10.3. The molecule has 1 unspecified atom stereocenters. The Morgan fingerprint density at radius 3 is 3.00 bits per heavy atom. The summed E-state index contributed by atoms with van der Waals surface area (Å²) < 4.78 is 1.65. The fraction of sp³-hybridized carbons (Fsp3) is 0.750. The smallest absolute Gasteiger partial charge is 0.313 e. The molecule has 6 nitrogen and oxygen atoms in total. The van der Waals surface area contributed by atoms with Gasteiger partial charge in [0.25, 0.3) is 0 Å². The molecule has 0 fully saturated rings. The van der Waals surface area contributed by atoms with Crippen LogP contribution in [0.25, 0.3) is 0 Å². The summed E-state index contributed by atoms with van der Waals surface area (Å²) in [5.41, 5.74) is 0. The van der Waals surface area contributed by atoms with Crippen LogP contribution in [0.3, 0.4) is 0 Å². The lowest BCUT2D eigenvalue weighted by Crippen LogP contribution is -2.08. The highest BCUT2D eigenvalue weighted by Gasteiger charge is 2.10. The topological polar surface area (TPSA) is 80.9 Å². The molecule has 0 radical (unpaired) electrons. The molecule has 8 heteroatoms. The van der Waals surface area contributed by atoms with E-state index in [0.717, 1.165) is 24.7 Å². The molecule has 16 heavy (non-hydrogen) atoms. The molecule has 0 aromatic carbocycles. The van der Waals surface area contributed by atoms with Gasteiger partial charge in [-0.2, -0.15) is 11.8 Å². The van der Waals surface area contributed by atoms with Crippen molar-refractivity contribution in [3.8, 4) is 0 Å². The summed E-state index contributed by atoms with van der Waals surface area (Å²) in [6, 6.07) is 0. The zero-order valence-electron chi connectivity index (χ0n) is 9.16. The van der Waals surface area contributed by atoms with Gasteiger partial charge in [-0.3, -0.25) is 4.79 Å². The van der Waals surface area contributed by atoms with Crippen LogP contribution < -0.4 is 0 Å². The predicted octanol–water partition coefficient (Wildman–Crippen LogP) is 0.991. The first-order valence-corrected chi connectivity index (χ1v) is 7.04. The summed E-state index contributed by atoms with van der Waals surface area (Å²) in [5.74, 6) is -0.879. The van der Waals surface area contributed by atoms with Gasteiger partial charge >= 0.3 is 5.97 Å². The van der Waals surface area contributed by atoms with Gasteiger partial charge < -0.3 is 5.11 Å². The second kappa shape index (κ2) is 6.74. The number of carbonyl (C=O) groups is 1. The number of carboxylic acids is 1. The SMILES string of the molecule is CSC(C)CCn1nnnc1SCC(=O)O. The monoisotopic (exact) mass is 262 g/mol. The van der Waals surface area contributed by atoms with Crippen LogP contribution in [-0.2, 0) is 11.3 Å². The van der Waals surface area contributed by atoms with Crippen molar-refractivity contribution in [1.29, 1.82) is 0 Å². The van der Waals surface area contributed by atoms with Gasteiger partial charge in [-0.25, -0.2) is 4.68 Å². The Bertz CT molecular complexity index is 345. The fourth-order valence-corrected chi connectivity index (χ4v) is 1.95. The van der Waals surface area contributed by atoms with E-state index >= 15 is 0 Å². The Balaban J connectivity index is 2.46. The van der Waals surface area contributed by atoms with Crippen molar-refractivity contribution < 1.29 is 9.90 Å². The zero-order valence-corrected chi connectivity index (χ0v) is 10.8. The van der Waals surface area contributed by atoms with E-state index in [2.05, 4.69) is 28.7 Å². The van der Waals surface area contributed by atoms with Gasteiger partial charge in [-0.1, -0.05) is 18.7 Å². The average molecular weight is 262 g/mol. The average Bonchev–Trinajstić information content (AvgIpc) is 2.70. The van der Waals surface area contributed by atoms with E-state index in [1.807, 2.05) is 0 Å². The van der Waals surface area contributed by atoms with Crippen molar-refractivity contribution in [1.82, 2.24) is 20.2 Å². The van der Waals surface area contributed by atoms with Crippen LogP contribution in [0.1, 0.15) is 13.3 Å². The Morgan fingerprint density at radius 1 is 1.62 bits per heavy atom. The van der Waals surface area contributed by atoms with Gasteiger partial charge in [0.1, 0.15) is 0 Å². The molecule has 0 aliphatic heterocycles. The normalized spacial score (nSPS) is 12.6. The maximum absolute atomic E-state index is 10.4. The van der Waals surface area contributed by atoms with Crippen LogP contribution in [0.15, 0.2) is 5.16 Å². The van der Waals surface area contributed by atoms with Crippen LogP contribution in [-0.4, -0.2) is 48.5 Å². The van der Waals surface area contributed by atoms with Gasteiger partial charge in [0.15, 0.2) is 0 Å². The molecule has 1 rings (SSSR count). The molecule has 90 valence electrons. The largest absolute Gasteiger partial charge is 0.481 e. The molecule has 0 amide bonds. The molecule has 0 bridgehead atoms. The zero-order chi connectivity index (χ0) is 12.0. The van der Waals surface area contributed by atoms with Crippen LogP contribution in [0.2, 0.25) is 0 Å². The van der Waals surface area contributed by atoms with Crippen molar-refractivity contribution in [2.24, 2.45) is 0 Å². The van der Waals surface area contributed by atoms with E-state index in [4.69, 9.17) is 5.11 Å². The number of hydrogen-bond donors (Lipinski definition) is 1. The van der Waals surface area contributed by atoms with E-state index in [-0.39, 0.29) is 5.75 Å². The molecule has 0 aliphatic carbocycles. The Kier molecular flexibility index (Phi) is 5.61. The van der Waals surface area contributed by atoms with E-state index < -0.39 is 5.97 Å². The van der Waals surface area contributed by atoms with Gasteiger partial charge in [-0.05, 0) is 23.1 Å². The quantitative estimate of drug-likeness (QED) is 0.734. The molecule has 0 saturated heterocycles. The number of aliphatic carboxylic acids is 1. The highest BCUT2D eigenvalue weighted by Crippen LogP contribution is 2.15. The number of aryl methyl sites for hydroxylation is 1. The minimum absolute atomic E-state index is 0.0154. The van der Waals surface area contributed by atoms with Crippen molar-refractivity contribution >= 4 is 29.5 Å². The third-order valence-corrected chi connectivity index (χ3v) is 3.96. The van der Waals surface area contributed by atoms with Crippen LogP contribution in [0.4, 0.5) is 0 Å². The first-order valence-electron chi connectivity index (χ1n) is 4.77. The third-order valence-electron chi connectivity index (χ3n) is 1.97. The van der Waals surface area contributed by atoms with Crippen molar-refractivity contribution in [2.75, 3.05) is 12.0 Å². The molecule has 1 N–H and O–H groups in total. The lowest BCUT2D eigenvalue weighted by molar-refractivity contribution is -0.133. The number of thioether (sulfide) groups is 2. The van der Waals surface area contributed by atoms with Crippen molar-refractivity contribution in [2.45, 2.75) is 30.3 Å². The van der Waals surface area contributed by atoms with Crippen molar-refractivity contribution in [3.05, 3.63) is 0 Å². The summed E-state index contributed by atoms with van der Waals surface area (Å²) >= 11 is 2.93. The van der Waals surface area contributed by atoms with E-state index in [1.54, 1.807) is 16.4 Å². The molecule has 1 aromatic heterocycles. The molecule has 1 heterocycles. The predicted molar refractivity (Wildman–Crippen MR) is 63.8 cm³/mol. The third kappa shape index (κ3) is 4.40. The highest BCUT2D eigenvalue weighted by molar-refractivity contribution is 7.99. The summed E-state index contributed by atoms with van der Waals surface area (Å²) in [5, 5.41) is 20.8. The van der Waals surface area contributed by atoms with Crippen LogP contribution in [0, 0.1) is 0 Å². The number of carboxylic acid groups (broad SMARTS) is 1. The first-order chi connectivity index (χ1) is 7.63. The molecular formula is C8H14N4O2S2. The fourth-order valence-electron chi connectivity index (χ4n) is 0.988. The first kappa shape index (κ1) is 13.3. The Morgan fingerprint density at radius 2 is 2.38 bits per heavy atom. The number of nitrogens with zero attached hydrogens (tertiary/aromatic N) is 4. The number of hydrogen-bond acceptors (Lipinski definition) is 6. The van der Waals surface area contributed by atoms with Gasteiger partial charge in [0, 0.05) is 11.8 Å². The van der Waals surface area contributed by atoms with E-state index in [9.17, 15) is 4.79 Å². The second-order valence-corrected chi connectivity index (χ2v) is 5.42. The highest BCUT2D eigenvalue weighted by atomic mass is 32.2. The molecule has 1 atom stereocenters. The number of aromatic nitrogens is 4. The minimum atomic E-state index is -0.864. The van der Waals surface area contributed by atoms with Gasteiger partial charge in [0.05, 0.1) is 5.75 Å². The summed E-state index contributed by atoms with van der Waals surface area (Å²) in [4.78, 5) is 10.4. The Labute approximate surface area is 102 Å². The van der Waals surface area contributed by atoms with Crippen LogP contribution >= 0.6 is 23.5 Å². The molecular weight excluding hydrogens is 248 g/mol. The summed E-state index contributed by atoms with van der Waals surface area (Å²) in [6.45, 7) is 2.86. The maximum atomic E-state index is 10.4. The Hall–Kier alpha value is -0.760. The second-order valence-electron chi connectivity index (χ2n) is 3.20. The summed E-state index contributed by atoms with van der Waals surface area (Å²) in [6.07, 6.45) is 3.02. The minimum Gasteiger partial charge on any atom is -0.481 e. The van der Waals surface area contributed by atoms with E-state index in [0.29, 0.717) is 10.4 Å². The number of rotatable bonds is 7. The van der Waals surface area contributed by atoms with E-state index in [1.165, 1.54) is 0 Å². The van der Waals surface area contributed by atoms with Gasteiger partial charge in [-0.15, -0.1) is 5.10 Å². The van der Waals surface area contributed by atoms with Crippen LogP contribution in [0.5, 0.6) is 0 Å². The van der Waals surface area contributed by atoms with Gasteiger partial charge in [0.2, 0.25) is 5.16 Å². The molecule has 1 aromatic rings.